The van der Waals surface area contributed by atoms with Crippen molar-refractivity contribution in [2.45, 2.75) is 0 Å². The maximum absolute atomic E-state index is 12.2. The van der Waals surface area contributed by atoms with Crippen LogP contribution in [0.15, 0.2) is 36.4 Å². The number of hydrogen-bond donors (Lipinski definition) is 0. The van der Waals surface area contributed by atoms with Crippen LogP contribution in [0.5, 0.6) is 11.5 Å². The van der Waals surface area contributed by atoms with Crippen LogP contribution >= 0.6 is 23.2 Å². The molecule has 0 fully saturated rings. The average molecular weight is 366 g/mol. The van der Waals surface area contributed by atoms with Gasteiger partial charge in [0.2, 0.25) is 6.79 Å². The van der Waals surface area contributed by atoms with Crippen molar-refractivity contribution in [1.29, 1.82) is 0 Å². The third kappa shape index (κ3) is 3.20. The van der Waals surface area contributed by atoms with E-state index in [9.17, 15) is 14.9 Å². The van der Waals surface area contributed by atoms with Gasteiger partial charge in [0.25, 0.3) is 5.69 Å². The van der Waals surface area contributed by atoms with Gasteiger partial charge in [-0.1, -0.05) is 29.3 Å². The van der Waals surface area contributed by atoms with Crippen LogP contribution in [0.25, 0.3) is 6.08 Å². The van der Waals surface area contributed by atoms with Gasteiger partial charge in [-0.3, -0.25) is 14.9 Å². The smallest absolute Gasteiger partial charge is 0.288 e. The molecule has 0 unspecified atom stereocenters. The van der Waals surface area contributed by atoms with E-state index >= 15 is 0 Å². The number of rotatable bonds is 4. The van der Waals surface area contributed by atoms with E-state index in [1.165, 1.54) is 24.3 Å². The van der Waals surface area contributed by atoms with Crippen LogP contribution in [0.1, 0.15) is 15.9 Å². The molecule has 0 N–H and O–H groups in total. The minimum atomic E-state index is -0.638. The first-order valence-electron chi connectivity index (χ1n) is 6.71. The van der Waals surface area contributed by atoms with Gasteiger partial charge >= 0.3 is 0 Å². The number of nitro benzene ring substituents is 1. The average Bonchev–Trinajstić information content (AvgIpc) is 3.02. The van der Waals surface area contributed by atoms with Crippen molar-refractivity contribution in [3.05, 3.63) is 67.7 Å². The minimum Gasteiger partial charge on any atom is -0.454 e. The van der Waals surface area contributed by atoms with E-state index in [0.717, 1.165) is 6.07 Å². The summed E-state index contributed by atoms with van der Waals surface area (Å²) in [5.74, 6) is 0.564. The summed E-state index contributed by atoms with van der Waals surface area (Å²) in [5, 5.41) is 11.2. The fourth-order valence-electron chi connectivity index (χ4n) is 2.16. The van der Waals surface area contributed by atoms with Gasteiger partial charge in [0.15, 0.2) is 17.3 Å². The van der Waals surface area contributed by atoms with E-state index < -0.39 is 10.7 Å². The fourth-order valence-corrected chi connectivity index (χ4v) is 2.62. The molecule has 0 saturated heterocycles. The summed E-state index contributed by atoms with van der Waals surface area (Å²) in [6, 6.07) is 7.19. The quantitative estimate of drug-likeness (QED) is 0.344. The molecule has 0 aromatic heterocycles. The number of carbonyl (C=O) groups excluding carboxylic acids is 1. The first kappa shape index (κ1) is 16.3. The molecule has 8 heteroatoms. The highest BCUT2D eigenvalue weighted by atomic mass is 35.5. The van der Waals surface area contributed by atoms with Crippen LogP contribution in [0.4, 0.5) is 5.69 Å². The summed E-state index contributed by atoms with van der Waals surface area (Å²) in [7, 11) is 0. The highest BCUT2D eigenvalue weighted by Crippen LogP contribution is 2.40. The molecular weight excluding hydrogens is 357 g/mol. The Balaban J connectivity index is 1.85. The summed E-state index contributed by atoms with van der Waals surface area (Å²) in [4.78, 5) is 22.4. The van der Waals surface area contributed by atoms with E-state index in [4.69, 9.17) is 32.7 Å². The highest BCUT2D eigenvalue weighted by molar-refractivity contribution is 6.33. The lowest BCUT2D eigenvalue weighted by atomic mass is 10.1. The zero-order chi connectivity index (χ0) is 17.3. The molecule has 2 aromatic rings. The number of ketones is 1. The zero-order valence-electron chi connectivity index (χ0n) is 12.0. The van der Waals surface area contributed by atoms with E-state index in [1.807, 2.05) is 0 Å². The minimum absolute atomic E-state index is 0.0249. The summed E-state index contributed by atoms with van der Waals surface area (Å²) in [5.41, 5.74) is 0.484. The first-order valence-corrected chi connectivity index (χ1v) is 7.47. The Morgan fingerprint density at radius 2 is 1.96 bits per heavy atom. The Labute approximate surface area is 146 Å². The van der Waals surface area contributed by atoms with Gasteiger partial charge in [-0.2, -0.15) is 0 Å². The number of hydrogen-bond acceptors (Lipinski definition) is 5. The zero-order valence-corrected chi connectivity index (χ0v) is 13.5. The lowest BCUT2D eigenvalue weighted by Crippen LogP contribution is -1.97. The van der Waals surface area contributed by atoms with Crippen molar-refractivity contribution in [3.63, 3.8) is 0 Å². The molecule has 0 saturated carbocycles. The van der Waals surface area contributed by atoms with Crippen molar-refractivity contribution >= 4 is 40.7 Å². The lowest BCUT2D eigenvalue weighted by Gasteiger charge is -2.01. The van der Waals surface area contributed by atoms with E-state index in [2.05, 4.69) is 0 Å². The van der Waals surface area contributed by atoms with Crippen molar-refractivity contribution in [2.24, 2.45) is 0 Å². The SMILES string of the molecule is O=C(/C=C/c1cc(Cl)c2c(c1)OCO2)c1ccc(Cl)c([N+](=O)[O-])c1. The van der Waals surface area contributed by atoms with Gasteiger partial charge in [0.05, 0.1) is 9.95 Å². The molecule has 0 aliphatic carbocycles. The molecule has 1 heterocycles. The topological polar surface area (TPSA) is 78.7 Å². The van der Waals surface area contributed by atoms with Crippen LogP contribution in [0, 0.1) is 10.1 Å². The van der Waals surface area contributed by atoms with Gasteiger partial charge in [-0.25, -0.2) is 0 Å². The number of halogens is 2. The van der Waals surface area contributed by atoms with Crippen LogP contribution in [0.3, 0.4) is 0 Å². The number of fused-ring (bicyclic) bond motifs is 1. The Kier molecular flexibility index (Phi) is 4.42. The summed E-state index contributed by atoms with van der Waals surface area (Å²) in [6.45, 7) is 0.0929. The number of benzene rings is 2. The van der Waals surface area contributed by atoms with E-state index in [0.29, 0.717) is 22.1 Å². The first-order chi connectivity index (χ1) is 11.5. The predicted octanol–water partition coefficient (Wildman–Crippen LogP) is 4.53. The molecule has 6 nitrogen and oxygen atoms in total. The number of nitrogens with zero attached hydrogens (tertiary/aromatic N) is 1. The van der Waals surface area contributed by atoms with Gasteiger partial charge < -0.3 is 9.47 Å². The third-order valence-corrected chi connectivity index (χ3v) is 3.90. The van der Waals surface area contributed by atoms with Crippen molar-refractivity contribution in [3.8, 4) is 11.5 Å². The van der Waals surface area contributed by atoms with E-state index in [-0.39, 0.29) is 23.1 Å². The standard InChI is InChI=1S/C16H9Cl2NO5/c17-11-3-2-10(7-13(11)19(21)22)14(20)4-1-9-5-12(18)16-15(6-9)23-8-24-16/h1-7H,8H2/b4-1+. The van der Waals surface area contributed by atoms with Crippen LogP contribution in [-0.2, 0) is 0 Å². The largest absolute Gasteiger partial charge is 0.454 e. The molecule has 1 aliphatic heterocycles. The van der Waals surface area contributed by atoms with Crippen LogP contribution < -0.4 is 9.47 Å². The van der Waals surface area contributed by atoms with Gasteiger partial charge in [0, 0.05) is 11.6 Å². The molecule has 0 spiro atoms. The summed E-state index contributed by atoms with van der Waals surface area (Å²) in [6.07, 6.45) is 2.83. The molecule has 24 heavy (non-hydrogen) atoms. The third-order valence-electron chi connectivity index (χ3n) is 3.30. The van der Waals surface area contributed by atoms with Crippen molar-refractivity contribution < 1.29 is 19.2 Å². The Morgan fingerprint density at radius 1 is 1.17 bits per heavy atom. The molecule has 3 rings (SSSR count). The fraction of sp³-hybridized carbons (Fsp3) is 0.0625. The molecule has 0 radical (unpaired) electrons. The number of carbonyl (C=O) groups is 1. The van der Waals surface area contributed by atoms with Gasteiger partial charge in [-0.15, -0.1) is 0 Å². The van der Waals surface area contributed by atoms with E-state index in [1.54, 1.807) is 12.1 Å². The second-order valence-corrected chi connectivity index (χ2v) is 5.67. The number of allylic oxidation sites excluding steroid dienone is 1. The van der Waals surface area contributed by atoms with Crippen molar-refractivity contribution in [2.75, 3.05) is 6.79 Å². The maximum Gasteiger partial charge on any atom is 0.288 e. The van der Waals surface area contributed by atoms with Gasteiger partial charge in [0.1, 0.15) is 5.02 Å². The van der Waals surface area contributed by atoms with Crippen molar-refractivity contribution in [1.82, 2.24) is 0 Å². The van der Waals surface area contributed by atoms with Crippen LogP contribution in [-0.4, -0.2) is 17.5 Å². The normalized spacial score (nSPS) is 12.6. The molecule has 0 bridgehead atoms. The second kappa shape index (κ2) is 6.51. The summed E-state index contributed by atoms with van der Waals surface area (Å²) < 4.78 is 10.5. The second-order valence-electron chi connectivity index (χ2n) is 4.86. The predicted molar refractivity (Wildman–Crippen MR) is 89.0 cm³/mol. The Bertz CT molecular complexity index is 879. The lowest BCUT2D eigenvalue weighted by molar-refractivity contribution is -0.384. The molecule has 0 atom stereocenters. The number of ether oxygens (including phenoxy) is 2. The molecule has 1 aliphatic rings. The Hall–Kier alpha value is -2.57. The molecular formula is C16H9Cl2NO5. The molecule has 122 valence electrons. The summed E-state index contributed by atoms with van der Waals surface area (Å²) >= 11 is 11.8. The van der Waals surface area contributed by atoms with Crippen LogP contribution in [0.2, 0.25) is 10.0 Å². The Morgan fingerprint density at radius 3 is 2.71 bits per heavy atom. The monoisotopic (exact) mass is 365 g/mol. The molecule has 0 amide bonds. The highest BCUT2D eigenvalue weighted by Gasteiger charge is 2.18. The maximum atomic E-state index is 12.2. The molecule has 2 aromatic carbocycles. The van der Waals surface area contributed by atoms with Gasteiger partial charge in [-0.05, 0) is 35.9 Å². The number of nitro groups is 1.